The van der Waals surface area contributed by atoms with E-state index in [0.29, 0.717) is 26.4 Å². The third-order valence-corrected chi connectivity index (χ3v) is 13.4. The molecule has 0 N–H and O–H groups in total. The van der Waals surface area contributed by atoms with E-state index in [0.717, 1.165) is 21.1 Å². The van der Waals surface area contributed by atoms with Crippen LogP contribution < -0.4 is 0 Å². The maximum atomic E-state index is 7.12. The summed E-state index contributed by atoms with van der Waals surface area (Å²) in [5, 5.41) is 0.0445. The monoisotopic (exact) mass is 688 g/mol. The first-order valence-corrected chi connectivity index (χ1v) is 18.9. The van der Waals surface area contributed by atoms with Gasteiger partial charge in [-0.25, -0.2) is 0 Å². The lowest BCUT2D eigenvalue weighted by Crippen LogP contribution is -2.64. The van der Waals surface area contributed by atoms with Gasteiger partial charge in [-0.2, -0.15) is 0 Å². The van der Waals surface area contributed by atoms with E-state index in [2.05, 4.69) is 92.9 Å². The van der Waals surface area contributed by atoms with Crippen molar-refractivity contribution in [3.8, 4) is 0 Å². The minimum atomic E-state index is -2.16. The molecule has 0 aliphatic carbocycles. The smallest absolute Gasteiger partial charge is 0.192 e. The van der Waals surface area contributed by atoms with Gasteiger partial charge in [0.25, 0.3) is 0 Å². The maximum Gasteiger partial charge on any atom is 0.192 e. The molecular weight excluding hydrogens is 643 g/mol. The molecule has 1 heterocycles. The second kappa shape index (κ2) is 15.2. The van der Waals surface area contributed by atoms with Gasteiger partial charge in [0.2, 0.25) is 0 Å². The minimum Gasteiger partial charge on any atom is -0.408 e. The van der Waals surface area contributed by atoms with Crippen molar-refractivity contribution in [2.45, 2.75) is 89.2 Å². The molecule has 5 atom stereocenters. The number of rotatable bonds is 13. The van der Waals surface area contributed by atoms with Gasteiger partial charge in [0.15, 0.2) is 8.32 Å². The quantitative estimate of drug-likeness (QED) is 0.104. The van der Waals surface area contributed by atoms with E-state index in [1.165, 1.54) is 0 Å². The van der Waals surface area contributed by atoms with E-state index < -0.39 is 8.32 Å². The van der Waals surface area contributed by atoms with Crippen LogP contribution in [-0.4, -0.2) is 49.9 Å². The molecule has 1 saturated heterocycles. The minimum absolute atomic E-state index is 0.0445. The first-order chi connectivity index (χ1) is 19.7. The van der Waals surface area contributed by atoms with Crippen molar-refractivity contribution in [3.63, 3.8) is 0 Å². The predicted octanol–water partition coefficient (Wildman–Crippen LogP) is 7.97. The van der Waals surface area contributed by atoms with Crippen LogP contribution in [0.5, 0.6) is 0 Å². The van der Waals surface area contributed by atoms with Crippen LogP contribution in [0, 0.1) is 0 Å². The molecular formula is C34H45IO5Si. The fourth-order valence-corrected chi connectivity index (χ4v) is 6.73. The number of ether oxygens (including phenoxy) is 4. The van der Waals surface area contributed by atoms with Gasteiger partial charge in [-0.15, -0.1) is 0 Å². The SMILES string of the molecule is CC(C)(C)[Si](C)(C)OC1[C@H](CI)OC(COCc2ccccc2)[C@H](OCc2ccccc2)[C@@H]1OCc1ccccc1. The second-order valence-electron chi connectivity index (χ2n) is 12.2. The Morgan fingerprint density at radius 2 is 1.12 bits per heavy atom. The highest BCUT2D eigenvalue weighted by Crippen LogP contribution is 2.41. The summed E-state index contributed by atoms with van der Waals surface area (Å²) in [5.41, 5.74) is 3.36. The van der Waals surface area contributed by atoms with Crippen LogP contribution in [0.25, 0.3) is 0 Å². The van der Waals surface area contributed by atoms with E-state index in [9.17, 15) is 0 Å². The molecule has 3 aromatic carbocycles. The Labute approximate surface area is 261 Å². The van der Waals surface area contributed by atoms with Crippen LogP contribution in [0.1, 0.15) is 37.5 Å². The highest BCUT2D eigenvalue weighted by atomic mass is 127. The molecule has 1 aliphatic heterocycles. The molecule has 0 amide bonds. The average molecular weight is 689 g/mol. The predicted molar refractivity (Wildman–Crippen MR) is 176 cm³/mol. The van der Waals surface area contributed by atoms with Gasteiger partial charge in [0, 0.05) is 4.43 Å². The van der Waals surface area contributed by atoms with Crippen LogP contribution >= 0.6 is 22.6 Å². The number of halogens is 1. The van der Waals surface area contributed by atoms with Gasteiger partial charge in [0.05, 0.1) is 32.5 Å². The summed E-state index contributed by atoms with van der Waals surface area (Å²) in [4.78, 5) is 0. The third kappa shape index (κ3) is 9.19. The molecule has 7 heteroatoms. The Bertz CT molecular complexity index is 1160. The zero-order valence-corrected chi connectivity index (χ0v) is 28.2. The number of hydrogen-bond acceptors (Lipinski definition) is 5. The van der Waals surface area contributed by atoms with Crippen LogP contribution in [0.2, 0.25) is 18.1 Å². The molecule has 0 aromatic heterocycles. The molecule has 0 radical (unpaired) electrons. The molecule has 4 rings (SSSR count). The summed E-state index contributed by atoms with van der Waals surface area (Å²) in [6.07, 6.45) is -1.41. The highest BCUT2D eigenvalue weighted by Gasteiger charge is 2.51. The lowest BCUT2D eigenvalue weighted by Gasteiger charge is -2.50. The van der Waals surface area contributed by atoms with Crippen molar-refractivity contribution in [2.75, 3.05) is 11.0 Å². The normalized spacial score (nSPS) is 23.4. The van der Waals surface area contributed by atoms with Crippen molar-refractivity contribution in [3.05, 3.63) is 108 Å². The fraction of sp³-hybridized carbons (Fsp3) is 0.471. The van der Waals surface area contributed by atoms with E-state index >= 15 is 0 Å². The Hall–Kier alpha value is -1.59. The van der Waals surface area contributed by atoms with Crippen LogP contribution in [0.15, 0.2) is 91.0 Å². The third-order valence-electron chi connectivity index (χ3n) is 8.08. The molecule has 1 aliphatic rings. The highest BCUT2D eigenvalue weighted by molar-refractivity contribution is 14.1. The van der Waals surface area contributed by atoms with E-state index in [-0.39, 0.29) is 35.6 Å². The van der Waals surface area contributed by atoms with Crippen LogP contribution in [-0.2, 0) is 43.2 Å². The molecule has 5 nitrogen and oxygen atoms in total. The van der Waals surface area contributed by atoms with Crippen LogP contribution in [0.4, 0.5) is 0 Å². The van der Waals surface area contributed by atoms with E-state index in [1.54, 1.807) is 0 Å². The molecule has 2 unspecified atom stereocenters. The lowest BCUT2D eigenvalue weighted by molar-refractivity contribution is -0.252. The number of hydrogen-bond donors (Lipinski definition) is 0. The summed E-state index contributed by atoms with van der Waals surface area (Å²) in [5.74, 6) is 0. The van der Waals surface area contributed by atoms with Crippen LogP contribution in [0.3, 0.4) is 0 Å². The van der Waals surface area contributed by atoms with Gasteiger partial charge in [-0.3, -0.25) is 0 Å². The van der Waals surface area contributed by atoms with Crippen molar-refractivity contribution >= 4 is 30.9 Å². The van der Waals surface area contributed by atoms with Crippen molar-refractivity contribution in [2.24, 2.45) is 0 Å². The van der Waals surface area contributed by atoms with Gasteiger partial charge >= 0.3 is 0 Å². The first kappa shape index (κ1) is 32.3. The van der Waals surface area contributed by atoms with Gasteiger partial charge < -0.3 is 23.4 Å². The molecule has 222 valence electrons. The fourth-order valence-electron chi connectivity index (χ4n) is 4.70. The largest absolute Gasteiger partial charge is 0.408 e. The Morgan fingerprint density at radius 3 is 1.59 bits per heavy atom. The standard InChI is InChI=1S/C34H45IO5Si/c1-34(2,3)41(4,5)40-32-29(21-35)39-30(25-36-22-26-15-9-6-10-16-26)31(37-23-27-17-11-7-12-18-27)33(32)38-24-28-19-13-8-14-20-28/h6-20,29-33H,21-25H2,1-5H3/t29-,30?,31-,32?,33-/m0/s1. The van der Waals surface area contributed by atoms with Gasteiger partial charge in [-0.05, 0) is 34.8 Å². The molecule has 0 bridgehead atoms. The van der Waals surface area contributed by atoms with Gasteiger partial charge in [0.1, 0.15) is 24.4 Å². The topological polar surface area (TPSA) is 46.2 Å². The maximum absolute atomic E-state index is 7.12. The van der Waals surface area contributed by atoms with Crippen molar-refractivity contribution < 1.29 is 23.4 Å². The summed E-state index contributed by atoms with van der Waals surface area (Å²) in [6, 6.07) is 30.8. The molecule has 41 heavy (non-hydrogen) atoms. The van der Waals surface area contributed by atoms with E-state index in [4.69, 9.17) is 23.4 Å². The Morgan fingerprint density at radius 1 is 0.659 bits per heavy atom. The number of alkyl halides is 1. The first-order valence-electron chi connectivity index (χ1n) is 14.5. The molecule has 1 fully saturated rings. The van der Waals surface area contributed by atoms with E-state index in [1.807, 2.05) is 54.6 Å². The zero-order valence-electron chi connectivity index (χ0n) is 25.0. The summed E-state index contributed by atoms with van der Waals surface area (Å²) >= 11 is 2.41. The molecule has 0 saturated carbocycles. The average Bonchev–Trinajstić information content (AvgIpc) is 2.97. The lowest BCUT2D eigenvalue weighted by atomic mass is 9.95. The number of benzene rings is 3. The second-order valence-corrected chi connectivity index (χ2v) is 17.9. The zero-order chi connectivity index (χ0) is 29.3. The molecule has 0 spiro atoms. The Kier molecular flexibility index (Phi) is 12.0. The van der Waals surface area contributed by atoms with Crippen molar-refractivity contribution in [1.82, 2.24) is 0 Å². The Balaban J connectivity index is 1.63. The molecule has 3 aromatic rings. The summed E-state index contributed by atoms with van der Waals surface area (Å²) in [6.45, 7) is 13.2. The van der Waals surface area contributed by atoms with Crippen molar-refractivity contribution in [1.29, 1.82) is 0 Å². The summed E-state index contributed by atoms with van der Waals surface area (Å²) in [7, 11) is -2.16. The van der Waals surface area contributed by atoms with Gasteiger partial charge in [-0.1, -0.05) is 134 Å². The summed E-state index contributed by atoms with van der Waals surface area (Å²) < 4.78 is 34.4.